The van der Waals surface area contributed by atoms with E-state index in [0.717, 1.165) is 32.2 Å². The SMILES string of the molecule is CN=C(NCC1(N(C)C)CCCCC1)N1CCC(COC)C1. The monoisotopic (exact) mass is 310 g/mol. The Hall–Kier alpha value is -0.810. The Labute approximate surface area is 136 Å². The van der Waals surface area contributed by atoms with Crippen molar-refractivity contribution in [1.29, 1.82) is 0 Å². The zero-order chi connectivity index (χ0) is 16.0. The van der Waals surface area contributed by atoms with E-state index in [-0.39, 0.29) is 0 Å². The highest BCUT2D eigenvalue weighted by Gasteiger charge is 2.35. The third-order valence-electron chi connectivity index (χ3n) is 5.51. The highest BCUT2D eigenvalue weighted by atomic mass is 16.5. The van der Waals surface area contributed by atoms with E-state index in [9.17, 15) is 0 Å². The maximum absolute atomic E-state index is 5.30. The summed E-state index contributed by atoms with van der Waals surface area (Å²) in [6.07, 6.45) is 7.85. The van der Waals surface area contributed by atoms with Gasteiger partial charge in [-0.25, -0.2) is 0 Å². The summed E-state index contributed by atoms with van der Waals surface area (Å²) in [6, 6.07) is 0. The van der Waals surface area contributed by atoms with Crippen LogP contribution in [0.25, 0.3) is 0 Å². The lowest BCUT2D eigenvalue weighted by Crippen LogP contribution is -2.55. The quantitative estimate of drug-likeness (QED) is 0.621. The third-order valence-corrected chi connectivity index (χ3v) is 5.51. The summed E-state index contributed by atoms with van der Waals surface area (Å²) >= 11 is 0. The molecule has 0 bridgehead atoms. The normalized spacial score (nSPS) is 25.8. The summed E-state index contributed by atoms with van der Waals surface area (Å²) in [5, 5.41) is 3.66. The molecule has 5 heteroatoms. The molecule has 1 aliphatic carbocycles. The molecule has 1 saturated heterocycles. The molecule has 2 aliphatic rings. The number of hydrogen-bond acceptors (Lipinski definition) is 3. The molecule has 0 aromatic rings. The van der Waals surface area contributed by atoms with Gasteiger partial charge in [-0.15, -0.1) is 0 Å². The van der Waals surface area contributed by atoms with Crippen molar-refractivity contribution in [3.63, 3.8) is 0 Å². The summed E-state index contributed by atoms with van der Waals surface area (Å²) < 4.78 is 5.30. The number of likely N-dealkylation sites (N-methyl/N-ethyl adjacent to an activating group) is 1. The second kappa shape index (κ2) is 8.16. The average molecular weight is 310 g/mol. The lowest BCUT2D eigenvalue weighted by molar-refractivity contribution is 0.103. The molecule has 1 saturated carbocycles. The van der Waals surface area contributed by atoms with Crippen LogP contribution < -0.4 is 5.32 Å². The first-order valence-corrected chi connectivity index (χ1v) is 8.73. The zero-order valence-electron chi connectivity index (χ0n) is 14.9. The Morgan fingerprint density at radius 2 is 2.05 bits per heavy atom. The zero-order valence-corrected chi connectivity index (χ0v) is 14.9. The molecule has 0 amide bonds. The van der Waals surface area contributed by atoms with Gasteiger partial charge < -0.3 is 19.9 Å². The molecule has 0 spiro atoms. The lowest BCUT2D eigenvalue weighted by Gasteiger charge is -2.43. The molecule has 0 aromatic carbocycles. The number of nitrogens with zero attached hydrogens (tertiary/aromatic N) is 3. The molecule has 1 aliphatic heterocycles. The number of aliphatic imine (C=N–C) groups is 1. The van der Waals surface area contributed by atoms with E-state index < -0.39 is 0 Å². The van der Waals surface area contributed by atoms with Crippen LogP contribution in [0, 0.1) is 5.92 Å². The average Bonchev–Trinajstić information content (AvgIpc) is 2.97. The number of guanidine groups is 1. The van der Waals surface area contributed by atoms with Crippen LogP contribution in [0.2, 0.25) is 0 Å². The largest absolute Gasteiger partial charge is 0.384 e. The molecule has 1 unspecified atom stereocenters. The van der Waals surface area contributed by atoms with Crippen molar-refractivity contribution < 1.29 is 4.74 Å². The van der Waals surface area contributed by atoms with E-state index in [4.69, 9.17) is 4.74 Å². The molecule has 5 nitrogen and oxygen atoms in total. The first kappa shape index (κ1) is 17.5. The first-order valence-electron chi connectivity index (χ1n) is 8.73. The number of methoxy groups -OCH3 is 1. The molecular weight excluding hydrogens is 276 g/mol. The molecule has 22 heavy (non-hydrogen) atoms. The Kier molecular flexibility index (Phi) is 6.50. The predicted octanol–water partition coefficient (Wildman–Crippen LogP) is 1.79. The van der Waals surface area contributed by atoms with Gasteiger partial charge in [0.25, 0.3) is 0 Å². The standard InChI is InChI=1S/C17H34N4O/c1-18-16(21-11-8-15(12-21)13-22-4)19-14-17(20(2)3)9-6-5-7-10-17/h15H,5-14H2,1-4H3,(H,18,19). The maximum Gasteiger partial charge on any atom is 0.193 e. The van der Waals surface area contributed by atoms with Gasteiger partial charge in [0.05, 0.1) is 6.61 Å². The minimum absolute atomic E-state index is 0.292. The predicted molar refractivity (Wildman–Crippen MR) is 92.4 cm³/mol. The first-order chi connectivity index (χ1) is 10.6. The Morgan fingerprint density at radius 3 is 2.64 bits per heavy atom. The fourth-order valence-corrected chi connectivity index (χ4v) is 3.96. The maximum atomic E-state index is 5.30. The molecule has 1 atom stereocenters. The van der Waals surface area contributed by atoms with Crippen LogP contribution in [-0.2, 0) is 4.74 Å². The number of likely N-dealkylation sites (tertiary alicyclic amines) is 1. The van der Waals surface area contributed by atoms with E-state index in [0.29, 0.717) is 11.5 Å². The number of nitrogens with one attached hydrogen (secondary N) is 1. The van der Waals surface area contributed by atoms with E-state index >= 15 is 0 Å². The van der Waals surface area contributed by atoms with E-state index in [1.54, 1.807) is 7.11 Å². The second-order valence-corrected chi connectivity index (χ2v) is 7.14. The van der Waals surface area contributed by atoms with E-state index in [1.165, 1.54) is 38.5 Å². The number of rotatable bonds is 5. The van der Waals surface area contributed by atoms with Gasteiger partial charge in [-0.05, 0) is 33.4 Å². The van der Waals surface area contributed by atoms with Crippen LogP contribution in [0.15, 0.2) is 4.99 Å². The fourth-order valence-electron chi connectivity index (χ4n) is 3.96. The molecule has 128 valence electrons. The molecular formula is C17H34N4O. The van der Waals surface area contributed by atoms with Crippen molar-refractivity contribution in [3.8, 4) is 0 Å². The molecule has 2 fully saturated rings. The van der Waals surface area contributed by atoms with Gasteiger partial charge in [0, 0.05) is 45.2 Å². The summed E-state index contributed by atoms with van der Waals surface area (Å²) in [7, 11) is 8.13. The highest BCUT2D eigenvalue weighted by Crippen LogP contribution is 2.31. The van der Waals surface area contributed by atoms with Gasteiger partial charge in [-0.2, -0.15) is 0 Å². The van der Waals surface area contributed by atoms with Crippen molar-refractivity contribution in [2.45, 2.75) is 44.1 Å². The molecule has 2 rings (SSSR count). The molecule has 0 aromatic heterocycles. The van der Waals surface area contributed by atoms with Crippen molar-refractivity contribution >= 4 is 5.96 Å². The van der Waals surface area contributed by atoms with E-state index in [2.05, 4.69) is 34.2 Å². The molecule has 1 heterocycles. The summed E-state index contributed by atoms with van der Waals surface area (Å²) in [6.45, 7) is 4.00. The Bertz CT molecular complexity index is 364. The van der Waals surface area contributed by atoms with E-state index in [1.807, 2.05) is 7.05 Å². The van der Waals surface area contributed by atoms with Gasteiger partial charge in [0.15, 0.2) is 5.96 Å². The highest BCUT2D eigenvalue weighted by molar-refractivity contribution is 5.80. The lowest BCUT2D eigenvalue weighted by atomic mass is 9.80. The van der Waals surface area contributed by atoms with Crippen molar-refractivity contribution in [2.75, 3.05) is 54.5 Å². The van der Waals surface area contributed by atoms with Gasteiger partial charge in [0.1, 0.15) is 0 Å². The van der Waals surface area contributed by atoms with Crippen molar-refractivity contribution in [1.82, 2.24) is 15.1 Å². The number of hydrogen-bond donors (Lipinski definition) is 1. The van der Waals surface area contributed by atoms with Crippen molar-refractivity contribution in [3.05, 3.63) is 0 Å². The van der Waals surface area contributed by atoms with Gasteiger partial charge >= 0.3 is 0 Å². The minimum Gasteiger partial charge on any atom is -0.384 e. The smallest absolute Gasteiger partial charge is 0.193 e. The van der Waals surface area contributed by atoms with Gasteiger partial charge in [-0.1, -0.05) is 19.3 Å². The van der Waals surface area contributed by atoms with Gasteiger partial charge in [-0.3, -0.25) is 4.99 Å². The second-order valence-electron chi connectivity index (χ2n) is 7.14. The van der Waals surface area contributed by atoms with Crippen LogP contribution >= 0.6 is 0 Å². The van der Waals surface area contributed by atoms with Gasteiger partial charge in [0.2, 0.25) is 0 Å². The topological polar surface area (TPSA) is 40.1 Å². The summed E-state index contributed by atoms with van der Waals surface area (Å²) in [5.41, 5.74) is 0.292. The Balaban J connectivity index is 1.90. The van der Waals surface area contributed by atoms with Crippen molar-refractivity contribution in [2.24, 2.45) is 10.9 Å². The van der Waals surface area contributed by atoms with Crippen LogP contribution in [0.3, 0.4) is 0 Å². The minimum atomic E-state index is 0.292. The molecule has 1 N–H and O–H groups in total. The summed E-state index contributed by atoms with van der Waals surface area (Å²) in [5.74, 6) is 1.70. The molecule has 0 radical (unpaired) electrons. The fraction of sp³-hybridized carbons (Fsp3) is 0.941. The summed E-state index contributed by atoms with van der Waals surface area (Å²) in [4.78, 5) is 9.32. The number of ether oxygens (including phenoxy) is 1. The third kappa shape index (κ3) is 4.13. The Morgan fingerprint density at radius 1 is 1.32 bits per heavy atom. The van der Waals surface area contributed by atoms with Crippen LogP contribution in [0.1, 0.15) is 38.5 Å². The van der Waals surface area contributed by atoms with Crippen LogP contribution in [0.4, 0.5) is 0 Å². The van der Waals surface area contributed by atoms with Crippen LogP contribution in [0.5, 0.6) is 0 Å². The van der Waals surface area contributed by atoms with Crippen LogP contribution in [-0.4, -0.2) is 75.8 Å².